The van der Waals surface area contributed by atoms with Crippen molar-refractivity contribution in [3.8, 4) is 44.5 Å². The Morgan fingerprint density at radius 3 is 0.905 bits per heavy atom. The summed E-state index contributed by atoms with van der Waals surface area (Å²) in [5.74, 6) is 0.0189. The number of ketones is 1. The third-order valence-corrected chi connectivity index (χ3v) is 8.90. The lowest BCUT2D eigenvalue weighted by atomic mass is 9.92. The Morgan fingerprint density at radius 1 is 0.381 bits per heavy atom. The Kier molecular flexibility index (Phi) is 8.60. The number of alkyl halides is 2. The fourth-order valence-electron chi connectivity index (χ4n) is 5.29. The van der Waals surface area contributed by atoms with Gasteiger partial charge in [0.05, 0.1) is 0 Å². The van der Waals surface area contributed by atoms with Gasteiger partial charge in [-0.15, -0.1) is 0 Å². The van der Waals surface area contributed by atoms with Crippen LogP contribution in [0.3, 0.4) is 0 Å². The van der Waals surface area contributed by atoms with Crippen LogP contribution in [-0.4, -0.2) is 5.78 Å². The number of halogens is 2. The largest absolute Gasteiger partial charge is 0.289 e. The molecule has 6 aromatic rings. The van der Waals surface area contributed by atoms with E-state index in [1.54, 1.807) is 0 Å². The van der Waals surface area contributed by atoms with Gasteiger partial charge in [0.2, 0.25) is 0 Å². The fraction of sp³-hybridized carbons (Fsp3) is 0.0513. The molecule has 0 saturated carbocycles. The molecule has 42 heavy (non-hydrogen) atoms. The Hall–Kier alpha value is -4.05. The summed E-state index contributed by atoms with van der Waals surface area (Å²) in [6, 6.07) is 50.0. The zero-order valence-corrected chi connectivity index (χ0v) is 26.1. The van der Waals surface area contributed by atoms with Crippen LogP contribution >= 0.6 is 31.9 Å². The second-order valence-corrected chi connectivity index (χ2v) is 11.4. The first-order valence-corrected chi connectivity index (χ1v) is 16.1. The molecule has 0 spiro atoms. The molecule has 0 N–H and O–H groups in total. The highest BCUT2D eigenvalue weighted by molar-refractivity contribution is 9.08. The standard InChI is InChI=1S/C39H28Br2O/c40-25-27-9-13-29(14-10-27)35-5-1-3-7-37(35)31-17-21-33(22-18-31)39(42)34-23-19-32(20-24-34)38-8-4-2-6-36(38)30-15-11-28(26-41)12-16-30/h1-24H,25-26H2. The first-order chi connectivity index (χ1) is 20.6. The minimum Gasteiger partial charge on any atom is -0.289 e. The molecule has 0 aliphatic heterocycles. The highest BCUT2D eigenvalue weighted by Crippen LogP contribution is 2.34. The lowest BCUT2D eigenvalue weighted by molar-refractivity contribution is 0.103. The van der Waals surface area contributed by atoms with E-state index < -0.39 is 0 Å². The van der Waals surface area contributed by atoms with Gasteiger partial charge < -0.3 is 0 Å². The number of carbonyl (C=O) groups is 1. The molecule has 0 amide bonds. The average Bonchev–Trinajstić information content (AvgIpc) is 3.08. The van der Waals surface area contributed by atoms with Crippen molar-refractivity contribution in [3.63, 3.8) is 0 Å². The Balaban J connectivity index is 1.24. The van der Waals surface area contributed by atoms with Crippen LogP contribution < -0.4 is 0 Å². The van der Waals surface area contributed by atoms with E-state index in [0.717, 1.165) is 32.9 Å². The summed E-state index contributed by atoms with van der Waals surface area (Å²) in [6.45, 7) is 0. The molecule has 0 heterocycles. The van der Waals surface area contributed by atoms with Gasteiger partial charge in [-0.3, -0.25) is 4.79 Å². The molecule has 6 rings (SSSR count). The SMILES string of the molecule is O=C(c1ccc(-c2ccccc2-c2ccc(CBr)cc2)cc1)c1ccc(-c2ccccc2-c2ccc(CBr)cc2)cc1. The topological polar surface area (TPSA) is 17.1 Å². The first kappa shape index (κ1) is 28.1. The molecule has 0 saturated heterocycles. The Bertz CT molecular complexity index is 1680. The maximum atomic E-state index is 13.4. The van der Waals surface area contributed by atoms with Gasteiger partial charge in [0.15, 0.2) is 5.78 Å². The van der Waals surface area contributed by atoms with Gasteiger partial charge in [0.1, 0.15) is 0 Å². The van der Waals surface area contributed by atoms with Crippen LogP contribution in [0, 0.1) is 0 Å². The van der Waals surface area contributed by atoms with Gasteiger partial charge in [0, 0.05) is 21.8 Å². The predicted molar refractivity (Wildman–Crippen MR) is 183 cm³/mol. The van der Waals surface area contributed by atoms with E-state index in [2.05, 4.69) is 129 Å². The number of rotatable bonds is 8. The first-order valence-electron chi connectivity index (χ1n) is 13.9. The molecule has 204 valence electrons. The van der Waals surface area contributed by atoms with Crippen molar-refractivity contribution in [2.75, 3.05) is 0 Å². The van der Waals surface area contributed by atoms with E-state index in [1.807, 2.05) is 48.5 Å². The van der Waals surface area contributed by atoms with E-state index in [1.165, 1.54) is 33.4 Å². The minimum atomic E-state index is 0.0189. The fourth-order valence-corrected chi connectivity index (χ4v) is 6.04. The Labute approximate surface area is 264 Å². The molecular weight excluding hydrogens is 644 g/mol. The van der Waals surface area contributed by atoms with Crippen molar-refractivity contribution >= 4 is 37.6 Å². The van der Waals surface area contributed by atoms with Gasteiger partial charge in [-0.25, -0.2) is 0 Å². The second kappa shape index (κ2) is 12.9. The summed E-state index contributed by atoms with van der Waals surface area (Å²) in [7, 11) is 0. The second-order valence-electron chi connectivity index (χ2n) is 10.2. The van der Waals surface area contributed by atoms with Crippen molar-refractivity contribution < 1.29 is 4.79 Å². The van der Waals surface area contributed by atoms with Crippen LogP contribution in [-0.2, 0) is 10.7 Å². The summed E-state index contributed by atoms with van der Waals surface area (Å²) in [6.07, 6.45) is 0. The Morgan fingerprint density at radius 2 is 0.643 bits per heavy atom. The molecule has 0 aromatic heterocycles. The molecule has 0 fully saturated rings. The van der Waals surface area contributed by atoms with Crippen molar-refractivity contribution in [1.82, 2.24) is 0 Å². The third-order valence-electron chi connectivity index (χ3n) is 7.61. The zero-order valence-electron chi connectivity index (χ0n) is 22.9. The quantitative estimate of drug-likeness (QED) is 0.116. The van der Waals surface area contributed by atoms with E-state index in [0.29, 0.717) is 11.1 Å². The third kappa shape index (κ3) is 5.94. The molecule has 0 aliphatic carbocycles. The molecule has 0 unspecified atom stereocenters. The van der Waals surface area contributed by atoms with Crippen LogP contribution in [0.4, 0.5) is 0 Å². The molecule has 0 radical (unpaired) electrons. The molecule has 3 heteroatoms. The average molecular weight is 672 g/mol. The van der Waals surface area contributed by atoms with Gasteiger partial charge in [-0.2, -0.15) is 0 Å². The van der Waals surface area contributed by atoms with Crippen molar-refractivity contribution in [1.29, 1.82) is 0 Å². The van der Waals surface area contributed by atoms with E-state index in [9.17, 15) is 4.79 Å². The lowest BCUT2D eigenvalue weighted by Gasteiger charge is -2.12. The maximum Gasteiger partial charge on any atom is 0.193 e. The van der Waals surface area contributed by atoms with Crippen LogP contribution in [0.2, 0.25) is 0 Å². The number of carbonyl (C=O) groups excluding carboxylic acids is 1. The van der Waals surface area contributed by atoms with Crippen molar-refractivity contribution in [2.24, 2.45) is 0 Å². The highest BCUT2D eigenvalue weighted by Gasteiger charge is 2.13. The lowest BCUT2D eigenvalue weighted by Crippen LogP contribution is -2.01. The zero-order chi connectivity index (χ0) is 28.9. The van der Waals surface area contributed by atoms with Crippen LogP contribution in [0.15, 0.2) is 146 Å². The van der Waals surface area contributed by atoms with Gasteiger partial charge in [0.25, 0.3) is 0 Å². The maximum absolute atomic E-state index is 13.4. The molecule has 0 atom stereocenters. The summed E-state index contributed by atoms with van der Waals surface area (Å²) in [4.78, 5) is 13.4. The molecule has 1 nitrogen and oxygen atoms in total. The van der Waals surface area contributed by atoms with Crippen molar-refractivity contribution in [2.45, 2.75) is 10.7 Å². The number of hydrogen-bond donors (Lipinski definition) is 0. The monoisotopic (exact) mass is 670 g/mol. The molecule has 6 aromatic carbocycles. The molecule has 0 aliphatic rings. The summed E-state index contributed by atoms with van der Waals surface area (Å²) in [5.41, 5.74) is 13.0. The van der Waals surface area contributed by atoms with E-state index in [4.69, 9.17) is 0 Å². The van der Waals surface area contributed by atoms with Crippen LogP contribution in [0.25, 0.3) is 44.5 Å². The molecule has 0 bridgehead atoms. The smallest absolute Gasteiger partial charge is 0.193 e. The number of benzene rings is 6. The predicted octanol–water partition coefficient (Wildman–Crippen LogP) is 11.4. The van der Waals surface area contributed by atoms with E-state index in [-0.39, 0.29) is 5.78 Å². The van der Waals surface area contributed by atoms with Gasteiger partial charge in [-0.05, 0) is 55.6 Å². The molecular formula is C39H28Br2O. The van der Waals surface area contributed by atoms with Crippen molar-refractivity contribution in [3.05, 3.63) is 168 Å². The van der Waals surface area contributed by atoms with E-state index >= 15 is 0 Å². The summed E-state index contributed by atoms with van der Waals surface area (Å²) < 4.78 is 0. The van der Waals surface area contributed by atoms with Gasteiger partial charge >= 0.3 is 0 Å². The minimum absolute atomic E-state index is 0.0189. The summed E-state index contributed by atoms with van der Waals surface area (Å²) >= 11 is 7.05. The number of hydrogen-bond acceptors (Lipinski definition) is 1. The summed E-state index contributed by atoms with van der Waals surface area (Å²) in [5, 5.41) is 1.68. The van der Waals surface area contributed by atoms with Gasteiger partial charge in [-0.1, -0.05) is 177 Å². The van der Waals surface area contributed by atoms with Crippen LogP contribution in [0.1, 0.15) is 27.0 Å². The highest BCUT2D eigenvalue weighted by atomic mass is 79.9. The van der Waals surface area contributed by atoms with Crippen LogP contribution in [0.5, 0.6) is 0 Å². The normalized spacial score (nSPS) is 10.9.